The molecule has 3 aromatic rings. The lowest BCUT2D eigenvalue weighted by Crippen LogP contribution is -2.24. The Bertz CT molecular complexity index is 1000. The van der Waals surface area contributed by atoms with Gasteiger partial charge in [0.05, 0.1) is 24.4 Å². The minimum atomic E-state index is -0.221. The largest absolute Gasteiger partial charge is 0.493 e. The summed E-state index contributed by atoms with van der Waals surface area (Å²) in [6, 6.07) is 12.1. The number of carbonyl (C=O) groups is 1. The van der Waals surface area contributed by atoms with E-state index in [9.17, 15) is 9.59 Å². The first-order chi connectivity index (χ1) is 13.1. The van der Waals surface area contributed by atoms with Crippen molar-refractivity contribution >= 4 is 11.7 Å². The Kier molecular flexibility index (Phi) is 5.61. The summed E-state index contributed by atoms with van der Waals surface area (Å²) in [6.07, 6.45) is 3.27. The fourth-order valence-corrected chi connectivity index (χ4v) is 2.60. The molecule has 0 fully saturated rings. The molecule has 0 saturated heterocycles. The van der Waals surface area contributed by atoms with Gasteiger partial charge >= 0.3 is 0 Å². The highest BCUT2D eigenvalue weighted by Crippen LogP contribution is 2.19. The number of nitrogens with one attached hydrogen (secondary N) is 1. The third-order valence-corrected chi connectivity index (χ3v) is 4.01. The molecule has 0 spiro atoms. The molecule has 0 bridgehead atoms. The fourth-order valence-electron chi connectivity index (χ4n) is 2.60. The van der Waals surface area contributed by atoms with Crippen LogP contribution in [0.15, 0.2) is 59.7 Å². The number of pyridine rings is 1. The second-order valence-corrected chi connectivity index (χ2v) is 5.80. The predicted octanol–water partition coefficient (Wildman–Crippen LogP) is 2.54. The number of aromatic nitrogens is 3. The van der Waals surface area contributed by atoms with Crippen molar-refractivity contribution in [3.63, 3.8) is 0 Å². The van der Waals surface area contributed by atoms with Gasteiger partial charge in [0.15, 0.2) is 5.78 Å². The van der Waals surface area contributed by atoms with Crippen molar-refractivity contribution in [1.82, 2.24) is 14.5 Å². The van der Waals surface area contributed by atoms with Crippen LogP contribution in [0.1, 0.15) is 17.3 Å². The van der Waals surface area contributed by atoms with Crippen LogP contribution in [0.25, 0.3) is 11.3 Å². The van der Waals surface area contributed by atoms with Crippen molar-refractivity contribution < 1.29 is 9.53 Å². The highest BCUT2D eigenvalue weighted by molar-refractivity contribution is 6.01. The van der Waals surface area contributed by atoms with Gasteiger partial charge in [0, 0.05) is 31.1 Å². The first kappa shape index (κ1) is 18.3. The Balaban J connectivity index is 1.83. The number of ketones is 1. The van der Waals surface area contributed by atoms with Crippen LogP contribution in [0.3, 0.4) is 0 Å². The minimum absolute atomic E-state index is 0.00976. The van der Waals surface area contributed by atoms with E-state index >= 15 is 0 Å². The van der Waals surface area contributed by atoms with E-state index in [0.29, 0.717) is 29.6 Å². The van der Waals surface area contributed by atoms with Crippen molar-refractivity contribution in [2.75, 3.05) is 18.5 Å². The van der Waals surface area contributed by atoms with Gasteiger partial charge in [0.2, 0.25) is 5.95 Å². The molecule has 3 rings (SSSR count). The van der Waals surface area contributed by atoms with Crippen molar-refractivity contribution in [1.29, 1.82) is 0 Å². The lowest BCUT2D eigenvalue weighted by Gasteiger charge is -2.13. The Hall–Kier alpha value is -3.48. The summed E-state index contributed by atoms with van der Waals surface area (Å²) in [6.45, 7) is 2.33. The second kappa shape index (κ2) is 8.27. The molecule has 0 aliphatic carbocycles. The van der Waals surface area contributed by atoms with E-state index in [1.165, 1.54) is 10.6 Å². The molecule has 138 valence electrons. The van der Waals surface area contributed by atoms with E-state index in [1.807, 2.05) is 13.0 Å². The number of rotatable bonds is 7. The summed E-state index contributed by atoms with van der Waals surface area (Å²) >= 11 is 0. The van der Waals surface area contributed by atoms with Gasteiger partial charge in [-0.1, -0.05) is 12.1 Å². The molecule has 2 heterocycles. The molecule has 7 nitrogen and oxygen atoms in total. The Morgan fingerprint density at radius 2 is 1.93 bits per heavy atom. The Morgan fingerprint density at radius 1 is 1.19 bits per heavy atom. The van der Waals surface area contributed by atoms with E-state index in [1.54, 1.807) is 49.8 Å². The molecule has 2 aromatic heterocycles. The van der Waals surface area contributed by atoms with Crippen LogP contribution in [0, 0.1) is 0 Å². The molecular formula is C20H20N4O3. The summed E-state index contributed by atoms with van der Waals surface area (Å²) in [5.74, 6) is 0.707. The zero-order valence-corrected chi connectivity index (χ0v) is 15.2. The maximum Gasteiger partial charge on any atom is 0.255 e. The van der Waals surface area contributed by atoms with Gasteiger partial charge in [-0.3, -0.25) is 19.1 Å². The molecule has 0 aliphatic rings. The van der Waals surface area contributed by atoms with Crippen molar-refractivity contribution in [2.24, 2.45) is 7.05 Å². The molecule has 27 heavy (non-hydrogen) atoms. The number of ether oxygens (including phenoxy) is 1. The minimum Gasteiger partial charge on any atom is -0.493 e. The van der Waals surface area contributed by atoms with Crippen LogP contribution >= 0.6 is 0 Å². The van der Waals surface area contributed by atoms with E-state index < -0.39 is 0 Å². The molecule has 0 saturated carbocycles. The van der Waals surface area contributed by atoms with Gasteiger partial charge in [-0.15, -0.1) is 0 Å². The van der Waals surface area contributed by atoms with Crippen LogP contribution in [0.4, 0.5) is 5.95 Å². The lowest BCUT2D eigenvalue weighted by molar-refractivity contribution is 0.100. The molecule has 1 N–H and O–H groups in total. The maximum absolute atomic E-state index is 12.6. The van der Waals surface area contributed by atoms with Crippen LogP contribution in [-0.2, 0) is 7.05 Å². The standard InChI is InChI=1S/C20H20N4O3/c1-3-27-18-7-5-4-6-15(18)17(25)13-22-20-23-16(12-19(26)24(20)2)14-8-10-21-11-9-14/h4-12H,3,13H2,1-2H3,(H,22,23). The van der Waals surface area contributed by atoms with Crippen LogP contribution in [0.2, 0.25) is 0 Å². The summed E-state index contributed by atoms with van der Waals surface area (Å²) in [7, 11) is 1.60. The zero-order valence-electron chi connectivity index (χ0n) is 15.2. The normalized spacial score (nSPS) is 10.4. The maximum atomic E-state index is 12.6. The number of para-hydroxylation sites is 1. The van der Waals surface area contributed by atoms with Crippen molar-refractivity contribution in [3.8, 4) is 17.0 Å². The van der Waals surface area contributed by atoms with Gasteiger partial charge in [-0.05, 0) is 31.2 Å². The highest BCUT2D eigenvalue weighted by Gasteiger charge is 2.14. The molecule has 1 aromatic carbocycles. The SMILES string of the molecule is CCOc1ccccc1C(=O)CNc1nc(-c2ccncc2)cc(=O)n1C. The molecule has 0 atom stereocenters. The van der Waals surface area contributed by atoms with Crippen molar-refractivity contribution in [2.45, 2.75) is 6.92 Å². The van der Waals surface area contributed by atoms with Gasteiger partial charge in [0.1, 0.15) is 5.75 Å². The first-order valence-electron chi connectivity index (χ1n) is 8.57. The number of benzene rings is 1. The summed E-state index contributed by atoms with van der Waals surface area (Å²) < 4.78 is 6.87. The predicted molar refractivity (Wildman–Crippen MR) is 103 cm³/mol. The average molecular weight is 364 g/mol. The Labute approximate surface area is 156 Å². The van der Waals surface area contributed by atoms with Gasteiger partial charge < -0.3 is 10.1 Å². The number of Topliss-reactive ketones (excluding diaryl/α,β-unsaturated/α-hetero) is 1. The zero-order chi connectivity index (χ0) is 19.2. The van der Waals surface area contributed by atoms with E-state index in [-0.39, 0.29) is 17.9 Å². The Morgan fingerprint density at radius 3 is 2.67 bits per heavy atom. The monoisotopic (exact) mass is 364 g/mol. The third-order valence-electron chi connectivity index (χ3n) is 4.01. The topological polar surface area (TPSA) is 86.1 Å². The van der Waals surface area contributed by atoms with Crippen molar-refractivity contribution in [3.05, 3.63) is 70.8 Å². The molecular weight excluding hydrogens is 344 g/mol. The number of nitrogens with zero attached hydrogens (tertiary/aromatic N) is 3. The van der Waals surface area contributed by atoms with Gasteiger partial charge in [-0.2, -0.15) is 0 Å². The van der Waals surface area contributed by atoms with E-state index in [4.69, 9.17) is 4.74 Å². The van der Waals surface area contributed by atoms with Crippen LogP contribution in [-0.4, -0.2) is 33.5 Å². The average Bonchev–Trinajstić information content (AvgIpc) is 2.70. The number of anilines is 1. The first-order valence-corrected chi connectivity index (χ1v) is 8.57. The molecule has 0 aliphatic heterocycles. The smallest absolute Gasteiger partial charge is 0.255 e. The molecule has 0 amide bonds. The fraction of sp³-hybridized carbons (Fsp3) is 0.200. The van der Waals surface area contributed by atoms with E-state index in [2.05, 4.69) is 15.3 Å². The molecule has 7 heteroatoms. The van der Waals surface area contributed by atoms with Crippen LogP contribution in [0.5, 0.6) is 5.75 Å². The highest BCUT2D eigenvalue weighted by atomic mass is 16.5. The second-order valence-electron chi connectivity index (χ2n) is 5.80. The summed E-state index contributed by atoms with van der Waals surface area (Å²) in [5.41, 5.74) is 1.56. The van der Waals surface area contributed by atoms with Crippen LogP contribution < -0.4 is 15.6 Å². The lowest BCUT2D eigenvalue weighted by atomic mass is 10.1. The molecule has 0 unspecified atom stereocenters. The molecule has 0 radical (unpaired) electrons. The number of carbonyl (C=O) groups excluding carboxylic acids is 1. The summed E-state index contributed by atoms with van der Waals surface area (Å²) in [5, 5.41) is 2.96. The third kappa shape index (κ3) is 4.20. The number of hydrogen-bond donors (Lipinski definition) is 1. The van der Waals surface area contributed by atoms with Gasteiger partial charge in [0.25, 0.3) is 5.56 Å². The van der Waals surface area contributed by atoms with E-state index in [0.717, 1.165) is 5.56 Å². The quantitative estimate of drug-likeness (QED) is 0.649. The summed E-state index contributed by atoms with van der Waals surface area (Å²) in [4.78, 5) is 33.3. The van der Waals surface area contributed by atoms with Gasteiger partial charge in [-0.25, -0.2) is 4.98 Å². The number of hydrogen-bond acceptors (Lipinski definition) is 6.